The van der Waals surface area contributed by atoms with Crippen LogP contribution in [0.4, 0.5) is 51.3 Å². The maximum Gasteiger partial charge on any atom is 0.271 e. The predicted octanol–water partition coefficient (Wildman–Crippen LogP) is 28.6. The van der Waals surface area contributed by atoms with Crippen molar-refractivity contribution in [2.24, 2.45) is 25.0 Å². The zero-order valence-electron chi connectivity index (χ0n) is 74.7. The van der Waals surface area contributed by atoms with Crippen LogP contribution in [0.15, 0.2) is 473 Å². The second-order valence-electron chi connectivity index (χ2n) is 31.2. The van der Waals surface area contributed by atoms with Gasteiger partial charge in [-0.25, -0.2) is 34.9 Å². The molecule has 676 valence electrons. The van der Waals surface area contributed by atoms with Gasteiger partial charge in [0, 0.05) is 6.20 Å². The fourth-order valence-corrected chi connectivity index (χ4v) is 20.8. The summed E-state index contributed by atoms with van der Waals surface area (Å²) in [7, 11) is 0. The number of anilines is 5. The molecule has 22 rings (SSSR count). The average Bonchev–Trinajstić information content (AvgIpc) is 1.65. The summed E-state index contributed by atoms with van der Waals surface area (Å²) < 4.78 is 2.24. The van der Waals surface area contributed by atoms with E-state index in [4.69, 9.17) is 20.0 Å². The van der Waals surface area contributed by atoms with Gasteiger partial charge in [0.1, 0.15) is 0 Å². The first-order valence-electron chi connectivity index (χ1n) is 44.1. The highest BCUT2D eigenvalue weighted by Crippen LogP contribution is 2.44. The number of amides is 5. The van der Waals surface area contributed by atoms with Gasteiger partial charge in [-0.15, -0.1) is 22.7 Å². The van der Waals surface area contributed by atoms with Gasteiger partial charge in [0.25, 0.3) is 29.5 Å². The number of amidine groups is 5. The topological polar surface area (TPSA) is 202 Å². The average molecular weight is 1940 g/mol. The first-order valence-corrected chi connectivity index (χ1v) is 49.9. The summed E-state index contributed by atoms with van der Waals surface area (Å²) in [6.07, 6.45) is 11.3. The van der Waals surface area contributed by atoms with E-state index < -0.39 is 0 Å². The molecule has 5 amide bonds. The van der Waals surface area contributed by atoms with Gasteiger partial charge in [-0.3, -0.25) is 53.5 Å². The predicted molar refractivity (Wildman–Crippen MR) is 585 cm³/mol. The van der Waals surface area contributed by atoms with Gasteiger partial charge in [-0.2, -0.15) is 0 Å². The number of carbonyl (C=O) groups excluding carboxylic acids is 5. The summed E-state index contributed by atoms with van der Waals surface area (Å²) >= 11 is 10.2. The smallest absolute Gasteiger partial charge is 0.268 e. The van der Waals surface area contributed by atoms with E-state index in [1.54, 1.807) is 53.4 Å². The molecule has 5 saturated heterocycles. The molecule has 0 aliphatic carbocycles. The molecule has 139 heavy (non-hydrogen) atoms. The van der Waals surface area contributed by atoms with Crippen molar-refractivity contribution in [3.8, 4) is 0 Å². The van der Waals surface area contributed by atoms with Gasteiger partial charge >= 0.3 is 0 Å². The Morgan fingerprint density at radius 3 is 0.942 bits per heavy atom. The summed E-state index contributed by atoms with van der Waals surface area (Å²) in [5.41, 5.74) is 20.4. The van der Waals surface area contributed by atoms with Crippen molar-refractivity contribution >= 4 is 239 Å². The number of para-hydroxylation sites is 7. The van der Waals surface area contributed by atoms with Crippen molar-refractivity contribution in [2.45, 2.75) is 20.4 Å². The summed E-state index contributed by atoms with van der Waals surface area (Å²) in [6.45, 7) is 4.56. The van der Waals surface area contributed by atoms with Crippen LogP contribution < -0.4 is 24.5 Å². The highest BCUT2D eigenvalue weighted by Gasteiger charge is 2.40. The van der Waals surface area contributed by atoms with E-state index in [9.17, 15) is 24.0 Å². The van der Waals surface area contributed by atoms with E-state index in [0.717, 1.165) is 105 Å². The van der Waals surface area contributed by atoms with E-state index in [1.165, 1.54) is 64.4 Å². The number of rotatable bonds is 16. The zero-order chi connectivity index (χ0) is 95.0. The summed E-state index contributed by atoms with van der Waals surface area (Å²) in [5.74, 6) is 0.260. The van der Waals surface area contributed by atoms with Crippen molar-refractivity contribution in [1.29, 1.82) is 0 Å². The van der Waals surface area contributed by atoms with Crippen LogP contribution in [0.1, 0.15) is 44.5 Å². The minimum absolute atomic E-state index is 0.0399. The van der Waals surface area contributed by atoms with E-state index in [2.05, 4.69) is 26.0 Å². The number of aliphatic imine (C=N–C) groups is 5. The lowest BCUT2D eigenvalue weighted by atomic mass is 10.2. The molecule has 17 aromatic rings. The number of thioether (sulfide) groups is 5. The molecule has 5 aliphatic heterocycles. The Morgan fingerprint density at radius 2 is 0.561 bits per heavy atom. The fourth-order valence-electron chi connectivity index (χ4n) is 14.5. The van der Waals surface area contributed by atoms with Crippen LogP contribution in [0.3, 0.4) is 0 Å². The first-order chi connectivity index (χ1) is 68.3. The number of benzene rings is 14. The lowest BCUT2D eigenvalue weighted by Gasteiger charge is -2.15. The number of thiazole rings is 2. The molecule has 0 saturated carbocycles. The van der Waals surface area contributed by atoms with E-state index in [1.807, 2.05) is 456 Å². The number of carbonyl (C=O) groups is 5. The van der Waals surface area contributed by atoms with Gasteiger partial charge < -0.3 is 0 Å². The van der Waals surface area contributed by atoms with Crippen molar-refractivity contribution in [1.82, 2.24) is 15.0 Å². The van der Waals surface area contributed by atoms with Crippen LogP contribution in [0.25, 0.3) is 50.8 Å². The maximum absolute atomic E-state index is 13.3. The molecule has 0 spiro atoms. The first kappa shape index (κ1) is 93.6. The van der Waals surface area contributed by atoms with Crippen molar-refractivity contribution in [3.63, 3.8) is 0 Å². The van der Waals surface area contributed by atoms with Crippen LogP contribution in [-0.4, -0.2) is 70.3 Å². The maximum atomic E-state index is 13.3. The summed E-state index contributed by atoms with van der Waals surface area (Å²) in [5, 5.41) is 3.27. The van der Waals surface area contributed by atoms with Crippen LogP contribution >= 0.6 is 81.5 Å². The molecule has 5 aliphatic rings. The molecular formula is C114H83N13O5S7. The molecule has 0 atom stereocenters. The van der Waals surface area contributed by atoms with Crippen LogP contribution in [-0.2, 0) is 30.5 Å². The molecule has 25 heteroatoms. The minimum atomic E-state index is -0.0825. The molecule has 5 fully saturated rings. The molecule has 8 heterocycles. The number of aromatic nitrogens is 3. The van der Waals surface area contributed by atoms with Gasteiger partial charge in [0.2, 0.25) is 0 Å². The number of pyridine rings is 1. The largest absolute Gasteiger partial charge is 0.271 e. The Labute approximate surface area is 833 Å². The standard InChI is InChI=1S/2C23H15N3OS2.2C23H18N2OS.C22H17N3OS/c27-22-21(14-16-11-12-20-19(13-16)24-15-28-20)29-23(25-17-7-3-1-4-8-17)26(22)18-9-5-2-6-10-18;27-22-21(14-16-11-12-19-20(13-16)28-15-24-19)29-23(25-17-7-3-1-4-8-17)26(22)18-9-5-2-6-10-18;1-17-12-14-19(15-13-17)24-23-25(20-10-6-3-7-11-20)22(26)21(27-23)16-18-8-4-2-5-9-18;26-22-21(16-18-10-4-1-5-11-18)27-23(24-17-19-12-6-2-7-13-19)25(22)20-14-8-3-9-15-20;1-16-12-13-20(23-15-16)24-22-25(18-10-6-3-7-11-18)21(26)19(27-22)14-17-8-4-2-5-9-17/h2*1-15H;2-16H,1H3;1-16H,17H2;2-15H,1H3/b2*21-14-,25-23?;2*21-16-,24-23?;19-14-,24-22?. The van der Waals surface area contributed by atoms with Crippen molar-refractivity contribution in [3.05, 3.63) is 493 Å². The lowest BCUT2D eigenvalue weighted by molar-refractivity contribution is -0.114. The van der Waals surface area contributed by atoms with Gasteiger partial charge in [0.05, 0.1) is 108 Å². The SMILES string of the molecule is Cc1ccc(N=C2S/C(=C\c3ccccc3)C(=O)N2c2ccccc2)cc1.Cc1ccc(N=C2S/C(=C\c3ccccc3)C(=O)N2c2ccccc2)nc1.O=C1/C(=C/c2ccc3ncsc3c2)SC(=Nc2ccccc2)N1c1ccccc1.O=C1/C(=C/c2ccc3scnc3c2)SC(=Nc2ccccc2)N1c1ccccc1.O=C1/C(=C/c2ccccc2)SC(=NCc2ccccc2)N1c1ccccc1. The zero-order valence-corrected chi connectivity index (χ0v) is 80.4. The second-order valence-corrected chi connectivity index (χ2v) is 38.0. The van der Waals surface area contributed by atoms with E-state index in [0.29, 0.717) is 62.7 Å². The third-order valence-electron chi connectivity index (χ3n) is 21.3. The van der Waals surface area contributed by atoms with Gasteiger partial charge in [-0.05, 0) is 269 Å². The number of aryl methyl sites for hydroxylation is 2. The fraction of sp³-hybridized carbons (Fsp3) is 0.0263. The third-order valence-corrected chi connectivity index (χ3v) is 27.8. The number of nitrogens with zero attached hydrogens (tertiary/aromatic N) is 13. The van der Waals surface area contributed by atoms with Crippen LogP contribution in [0, 0.1) is 13.8 Å². The van der Waals surface area contributed by atoms with Gasteiger partial charge in [0.15, 0.2) is 31.7 Å². The third kappa shape index (κ3) is 24.0. The molecule has 0 radical (unpaired) electrons. The molecule has 0 unspecified atom stereocenters. The number of hydrogen-bond acceptors (Lipinski definition) is 20. The molecule has 3 aromatic heterocycles. The summed E-state index contributed by atoms with van der Waals surface area (Å²) in [4.78, 5) is 114. The molecule has 14 aromatic carbocycles. The molecule has 0 N–H and O–H groups in total. The number of hydrogen-bond donors (Lipinski definition) is 0. The lowest BCUT2D eigenvalue weighted by Crippen LogP contribution is -2.28. The Morgan fingerprint density at radius 1 is 0.259 bits per heavy atom. The highest BCUT2D eigenvalue weighted by atomic mass is 32.2. The van der Waals surface area contributed by atoms with Crippen LogP contribution in [0.2, 0.25) is 0 Å². The van der Waals surface area contributed by atoms with Crippen molar-refractivity contribution < 1.29 is 24.0 Å². The Kier molecular flexibility index (Phi) is 30.7. The Hall–Kier alpha value is -15.8. The molecule has 18 nitrogen and oxygen atoms in total. The Bertz CT molecular complexity index is 7230. The van der Waals surface area contributed by atoms with E-state index in [-0.39, 0.29) is 29.5 Å². The van der Waals surface area contributed by atoms with Crippen molar-refractivity contribution in [2.75, 3.05) is 24.5 Å². The quantitative estimate of drug-likeness (QED) is 0.0828. The summed E-state index contributed by atoms with van der Waals surface area (Å²) in [6, 6.07) is 131. The van der Waals surface area contributed by atoms with E-state index >= 15 is 0 Å². The van der Waals surface area contributed by atoms with Crippen LogP contribution in [0.5, 0.6) is 0 Å². The monoisotopic (exact) mass is 1940 g/mol. The highest BCUT2D eigenvalue weighted by molar-refractivity contribution is 8.20. The molecular weight excluding hydrogens is 1860 g/mol. The Balaban J connectivity index is 0.000000115. The van der Waals surface area contributed by atoms with Gasteiger partial charge in [-0.1, -0.05) is 285 Å². The number of fused-ring (bicyclic) bond motifs is 2. The normalized spacial score (nSPS) is 17.0. The minimum Gasteiger partial charge on any atom is -0.268 e. The second kappa shape index (κ2) is 45.7. The molecule has 0 bridgehead atoms.